The Morgan fingerprint density at radius 1 is 1.00 bits per heavy atom. The first-order valence-corrected chi connectivity index (χ1v) is 7.80. The van der Waals surface area contributed by atoms with E-state index in [0.717, 1.165) is 11.3 Å². The Labute approximate surface area is 148 Å². The predicted molar refractivity (Wildman–Crippen MR) is 92.8 cm³/mol. The summed E-state index contributed by atoms with van der Waals surface area (Å²) in [6, 6.07) is 14.0. The standard InChI is InChI=1S/C18H16FN5O2/c19-15-8-6-14(7-9-15)17(25)22-23-18(26)20-10-13-11-21-24(12-13)16-4-2-1-3-5-16/h1-9,11-12H,10H2,(H,22,25)(H2,20,23,26). The number of para-hydroxylation sites is 1. The van der Waals surface area contributed by atoms with Crippen LogP contribution in [0.1, 0.15) is 15.9 Å². The average molecular weight is 353 g/mol. The van der Waals surface area contributed by atoms with E-state index in [1.54, 1.807) is 17.1 Å². The molecule has 0 radical (unpaired) electrons. The summed E-state index contributed by atoms with van der Waals surface area (Å²) in [5.41, 5.74) is 6.42. The highest BCUT2D eigenvalue weighted by molar-refractivity contribution is 5.95. The van der Waals surface area contributed by atoms with E-state index in [0.29, 0.717) is 0 Å². The van der Waals surface area contributed by atoms with Crippen LogP contribution in [0.15, 0.2) is 67.0 Å². The molecule has 0 aliphatic heterocycles. The molecular weight excluding hydrogens is 337 g/mol. The molecule has 1 heterocycles. The summed E-state index contributed by atoms with van der Waals surface area (Å²) in [6.45, 7) is 0.241. The summed E-state index contributed by atoms with van der Waals surface area (Å²) in [5, 5.41) is 6.83. The zero-order chi connectivity index (χ0) is 18.4. The van der Waals surface area contributed by atoms with Crippen molar-refractivity contribution in [2.24, 2.45) is 0 Å². The lowest BCUT2D eigenvalue weighted by Gasteiger charge is -2.08. The lowest BCUT2D eigenvalue weighted by molar-refractivity contribution is 0.0936. The quantitative estimate of drug-likeness (QED) is 0.628. The van der Waals surface area contributed by atoms with Gasteiger partial charge in [0.25, 0.3) is 5.91 Å². The molecule has 3 amide bonds. The van der Waals surface area contributed by atoms with E-state index >= 15 is 0 Å². The van der Waals surface area contributed by atoms with Gasteiger partial charge in [-0.2, -0.15) is 5.10 Å². The summed E-state index contributed by atoms with van der Waals surface area (Å²) in [6.07, 6.45) is 3.44. The summed E-state index contributed by atoms with van der Waals surface area (Å²) < 4.78 is 14.5. The Balaban J connectivity index is 1.46. The first kappa shape index (κ1) is 17.2. The number of carbonyl (C=O) groups is 2. The Kier molecular flexibility index (Phi) is 5.23. The van der Waals surface area contributed by atoms with Crippen LogP contribution in [-0.2, 0) is 6.54 Å². The fraction of sp³-hybridized carbons (Fsp3) is 0.0556. The number of amides is 3. The van der Waals surface area contributed by atoms with Crippen LogP contribution in [0.3, 0.4) is 0 Å². The third-order valence-corrected chi connectivity index (χ3v) is 3.51. The van der Waals surface area contributed by atoms with Gasteiger partial charge in [0.15, 0.2) is 0 Å². The van der Waals surface area contributed by atoms with Gasteiger partial charge in [-0.25, -0.2) is 19.3 Å². The number of carbonyl (C=O) groups excluding carboxylic acids is 2. The molecule has 26 heavy (non-hydrogen) atoms. The lowest BCUT2D eigenvalue weighted by atomic mass is 10.2. The van der Waals surface area contributed by atoms with Gasteiger partial charge in [0.2, 0.25) is 0 Å². The number of hydrogen-bond acceptors (Lipinski definition) is 3. The van der Waals surface area contributed by atoms with Gasteiger partial charge in [0, 0.05) is 23.9 Å². The number of aromatic nitrogens is 2. The number of benzene rings is 2. The molecule has 132 valence electrons. The molecule has 0 saturated carbocycles. The highest BCUT2D eigenvalue weighted by atomic mass is 19.1. The van der Waals surface area contributed by atoms with Crippen molar-refractivity contribution in [1.82, 2.24) is 25.9 Å². The van der Waals surface area contributed by atoms with Crippen LogP contribution < -0.4 is 16.2 Å². The molecule has 0 spiro atoms. The van der Waals surface area contributed by atoms with Crippen LogP contribution in [0.2, 0.25) is 0 Å². The minimum atomic E-state index is -0.576. The van der Waals surface area contributed by atoms with Gasteiger partial charge >= 0.3 is 6.03 Å². The van der Waals surface area contributed by atoms with Crippen LogP contribution in [0.25, 0.3) is 5.69 Å². The normalized spacial score (nSPS) is 10.2. The largest absolute Gasteiger partial charge is 0.333 e. The minimum absolute atomic E-state index is 0.232. The molecule has 3 rings (SSSR count). The molecular formula is C18H16FN5O2. The molecule has 2 aromatic carbocycles. The van der Waals surface area contributed by atoms with Crippen molar-refractivity contribution < 1.29 is 14.0 Å². The van der Waals surface area contributed by atoms with Crippen LogP contribution in [0.5, 0.6) is 0 Å². The van der Waals surface area contributed by atoms with E-state index in [1.165, 1.54) is 24.3 Å². The van der Waals surface area contributed by atoms with Crippen LogP contribution in [0.4, 0.5) is 9.18 Å². The summed E-state index contributed by atoms with van der Waals surface area (Å²) in [5.74, 6) is -0.986. The smallest absolute Gasteiger partial charge is 0.333 e. The molecule has 3 aromatic rings. The highest BCUT2D eigenvalue weighted by Gasteiger charge is 2.08. The van der Waals surface area contributed by atoms with E-state index in [9.17, 15) is 14.0 Å². The first-order valence-electron chi connectivity index (χ1n) is 7.80. The fourth-order valence-electron chi connectivity index (χ4n) is 2.19. The monoisotopic (exact) mass is 353 g/mol. The van der Waals surface area contributed by atoms with E-state index in [1.807, 2.05) is 30.3 Å². The topological polar surface area (TPSA) is 88.1 Å². The Hall–Kier alpha value is -3.68. The van der Waals surface area contributed by atoms with Gasteiger partial charge in [-0.3, -0.25) is 10.2 Å². The minimum Gasteiger partial charge on any atom is -0.333 e. The van der Waals surface area contributed by atoms with Crippen molar-refractivity contribution in [3.05, 3.63) is 83.9 Å². The second-order valence-electron chi connectivity index (χ2n) is 5.40. The van der Waals surface area contributed by atoms with Crippen molar-refractivity contribution in [2.75, 3.05) is 0 Å². The predicted octanol–water partition coefficient (Wildman–Crippen LogP) is 2.16. The maximum Gasteiger partial charge on any atom is 0.333 e. The number of nitrogens with zero attached hydrogens (tertiary/aromatic N) is 2. The van der Waals surface area contributed by atoms with Gasteiger partial charge < -0.3 is 5.32 Å². The molecule has 0 fully saturated rings. The second kappa shape index (κ2) is 7.93. The molecule has 0 aliphatic carbocycles. The SMILES string of the molecule is O=C(NCc1cnn(-c2ccccc2)c1)NNC(=O)c1ccc(F)cc1. The first-order chi connectivity index (χ1) is 12.6. The van der Waals surface area contributed by atoms with Gasteiger partial charge in [-0.1, -0.05) is 18.2 Å². The maximum atomic E-state index is 12.8. The Bertz CT molecular complexity index is 893. The summed E-state index contributed by atoms with van der Waals surface area (Å²) in [4.78, 5) is 23.6. The van der Waals surface area contributed by atoms with E-state index in [-0.39, 0.29) is 12.1 Å². The van der Waals surface area contributed by atoms with E-state index < -0.39 is 17.8 Å². The van der Waals surface area contributed by atoms with Gasteiger partial charge in [0.1, 0.15) is 5.82 Å². The van der Waals surface area contributed by atoms with Crippen molar-refractivity contribution in [3.63, 3.8) is 0 Å². The van der Waals surface area contributed by atoms with E-state index in [4.69, 9.17) is 0 Å². The number of hydrazine groups is 1. The number of nitrogens with one attached hydrogen (secondary N) is 3. The molecule has 0 bridgehead atoms. The molecule has 1 aromatic heterocycles. The molecule has 0 aliphatic rings. The van der Waals surface area contributed by atoms with Crippen molar-refractivity contribution in [3.8, 4) is 5.69 Å². The molecule has 8 heteroatoms. The summed E-state index contributed by atoms with van der Waals surface area (Å²) in [7, 11) is 0. The van der Waals surface area contributed by atoms with Gasteiger partial charge in [-0.15, -0.1) is 0 Å². The van der Waals surface area contributed by atoms with Crippen LogP contribution >= 0.6 is 0 Å². The number of hydrogen-bond donors (Lipinski definition) is 3. The van der Waals surface area contributed by atoms with Crippen LogP contribution in [0, 0.1) is 5.82 Å². The number of halogens is 1. The number of urea groups is 1. The zero-order valence-electron chi connectivity index (χ0n) is 13.6. The highest BCUT2D eigenvalue weighted by Crippen LogP contribution is 2.07. The molecule has 3 N–H and O–H groups in total. The van der Waals surface area contributed by atoms with Crippen LogP contribution in [-0.4, -0.2) is 21.7 Å². The number of rotatable bonds is 4. The molecule has 0 unspecified atom stereocenters. The Morgan fingerprint density at radius 3 is 2.46 bits per heavy atom. The Morgan fingerprint density at radius 2 is 1.73 bits per heavy atom. The lowest BCUT2D eigenvalue weighted by Crippen LogP contribution is -2.46. The fourth-order valence-corrected chi connectivity index (χ4v) is 2.19. The third kappa shape index (κ3) is 4.44. The van der Waals surface area contributed by atoms with Crippen molar-refractivity contribution in [2.45, 2.75) is 6.54 Å². The van der Waals surface area contributed by atoms with Crippen molar-refractivity contribution >= 4 is 11.9 Å². The molecule has 0 atom stereocenters. The van der Waals surface area contributed by atoms with E-state index in [2.05, 4.69) is 21.3 Å². The second-order valence-corrected chi connectivity index (χ2v) is 5.40. The average Bonchev–Trinajstić information content (AvgIpc) is 3.15. The zero-order valence-corrected chi connectivity index (χ0v) is 13.6. The third-order valence-electron chi connectivity index (χ3n) is 3.51. The summed E-state index contributed by atoms with van der Waals surface area (Å²) >= 11 is 0. The van der Waals surface area contributed by atoms with Gasteiger partial charge in [0.05, 0.1) is 11.9 Å². The molecule has 0 saturated heterocycles. The molecule has 7 nitrogen and oxygen atoms in total. The maximum absolute atomic E-state index is 12.8. The van der Waals surface area contributed by atoms with Gasteiger partial charge in [-0.05, 0) is 36.4 Å². The van der Waals surface area contributed by atoms with Crippen molar-refractivity contribution in [1.29, 1.82) is 0 Å².